The summed E-state index contributed by atoms with van der Waals surface area (Å²) in [5.74, 6) is -3.99. The molecule has 66 valence electrons. The molecule has 13 heavy (non-hydrogen) atoms. The molecule has 2 N–H and O–H groups in total. The molecule has 0 unspecified atom stereocenters. The van der Waals surface area contributed by atoms with Crippen LogP contribution in [0.25, 0.3) is 0 Å². The van der Waals surface area contributed by atoms with Crippen molar-refractivity contribution in [2.75, 3.05) is 0 Å². The molecular formula is C6H2BaCl2O4. The summed E-state index contributed by atoms with van der Waals surface area (Å²) in [5.41, 5.74) is 0. The van der Waals surface area contributed by atoms with E-state index in [1.54, 1.807) is 0 Å². The van der Waals surface area contributed by atoms with Crippen molar-refractivity contribution in [3.63, 3.8) is 0 Å². The van der Waals surface area contributed by atoms with Gasteiger partial charge < -0.3 is 10.2 Å². The van der Waals surface area contributed by atoms with Gasteiger partial charge in [0, 0.05) is 48.9 Å². The maximum atomic E-state index is 10.8. The number of allylic oxidation sites excluding steroid dienone is 2. The first kappa shape index (κ1) is 13.6. The molecule has 0 saturated carbocycles. The van der Waals surface area contributed by atoms with Gasteiger partial charge in [-0.25, -0.2) is 0 Å². The molecule has 4 nitrogen and oxygen atoms in total. The third-order valence-electron chi connectivity index (χ3n) is 1.24. The SMILES string of the molecule is O=C1C(O)=C(Cl)C(=O)C(O)=C1Cl.[Ba]. The third-order valence-corrected chi connectivity index (χ3v) is 1.95. The fourth-order valence-electron chi connectivity index (χ4n) is 0.622. The van der Waals surface area contributed by atoms with Gasteiger partial charge in [0.05, 0.1) is 0 Å². The Hall–Kier alpha value is 0.571. The summed E-state index contributed by atoms with van der Waals surface area (Å²) in [6, 6.07) is 0. The Kier molecular flexibility index (Phi) is 5.10. The average Bonchev–Trinajstić information content (AvgIpc) is 2.08. The Morgan fingerprint density at radius 1 is 0.846 bits per heavy atom. The first-order valence-electron chi connectivity index (χ1n) is 2.73. The van der Waals surface area contributed by atoms with E-state index in [1.807, 2.05) is 0 Å². The van der Waals surface area contributed by atoms with E-state index in [-0.39, 0.29) is 48.9 Å². The van der Waals surface area contributed by atoms with E-state index in [9.17, 15) is 9.59 Å². The Bertz CT molecular complexity index is 283. The quantitative estimate of drug-likeness (QED) is 0.502. The van der Waals surface area contributed by atoms with Crippen LogP contribution in [0.15, 0.2) is 21.6 Å². The number of aliphatic hydroxyl groups excluding tert-OH is 2. The zero-order valence-electron chi connectivity index (χ0n) is 6.17. The summed E-state index contributed by atoms with van der Waals surface area (Å²) < 4.78 is 0. The van der Waals surface area contributed by atoms with Gasteiger partial charge in [0.15, 0.2) is 11.5 Å². The molecule has 2 radical (unpaired) electrons. The summed E-state index contributed by atoms with van der Waals surface area (Å²) >= 11 is 10.4. The van der Waals surface area contributed by atoms with E-state index in [0.29, 0.717) is 0 Å². The molecule has 0 aromatic rings. The van der Waals surface area contributed by atoms with Crippen LogP contribution in [0.2, 0.25) is 0 Å². The van der Waals surface area contributed by atoms with Gasteiger partial charge in [-0.3, -0.25) is 9.59 Å². The predicted octanol–water partition coefficient (Wildman–Crippen LogP) is 0.774. The summed E-state index contributed by atoms with van der Waals surface area (Å²) in [7, 11) is 0. The minimum Gasteiger partial charge on any atom is -0.503 e. The van der Waals surface area contributed by atoms with E-state index >= 15 is 0 Å². The van der Waals surface area contributed by atoms with Gasteiger partial charge in [-0.1, -0.05) is 23.2 Å². The Balaban J connectivity index is 0.00000144. The number of ketones is 2. The molecule has 0 fully saturated rings. The van der Waals surface area contributed by atoms with Crippen LogP contribution >= 0.6 is 23.2 Å². The molecule has 7 heteroatoms. The number of Topliss-reactive ketones (excluding diaryl/α,β-unsaturated/α-hetero) is 2. The van der Waals surface area contributed by atoms with Crippen molar-refractivity contribution in [1.29, 1.82) is 0 Å². The van der Waals surface area contributed by atoms with E-state index in [2.05, 4.69) is 0 Å². The Morgan fingerprint density at radius 3 is 1.31 bits per heavy atom. The van der Waals surface area contributed by atoms with Gasteiger partial charge in [-0.2, -0.15) is 0 Å². The molecule has 0 spiro atoms. The van der Waals surface area contributed by atoms with E-state index in [1.165, 1.54) is 0 Å². The van der Waals surface area contributed by atoms with E-state index in [0.717, 1.165) is 0 Å². The van der Waals surface area contributed by atoms with Crippen molar-refractivity contribution in [2.24, 2.45) is 0 Å². The molecule has 1 aliphatic rings. The van der Waals surface area contributed by atoms with Gasteiger partial charge in [0.1, 0.15) is 10.1 Å². The third kappa shape index (κ3) is 2.33. The summed E-state index contributed by atoms with van der Waals surface area (Å²) in [6.07, 6.45) is 0. The van der Waals surface area contributed by atoms with E-state index < -0.39 is 33.1 Å². The van der Waals surface area contributed by atoms with Gasteiger partial charge in [-0.05, 0) is 0 Å². The van der Waals surface area contributed by atoms with Crippen LogP contribution < -0.4 is 0 Å². The van der Waals surface area contributed by atoms with Crippen molar-refractivity contribution in [2.45, 2.75) is 0 Å². The normalized spacial score (nSPS) is 17.7. The van der Waals surface area contributed by atoms with Crippen molar-refractivity contribution in [3.05, 3.63) is 21.6 Å². The van der Waals surface area contributed by atoms with Crippen molar-refractivity contribution in [1.82, 2.24) is 0 Å². The number of aliphatic hydroxyl groups is 2. The van der Waals surface area contributed by atoms with Crippen LogP contribution in [0.3, 0.4) is 0 Å². The number of hydrogen-bond acceptors (Lipinski definition) is 4. The molecule has 0 atom stereocenters. The smallest absolute Gasteiger partial charge is 0.244 e. The fourth-order valence-corrected chi connectivity index (χ4v) is 0.973. The van der Waals surface area contributed by atoms with Crippen LogP contribution in [0, 0.1) is 0 Å². The Morgan fingerprint density at radius 2 is 1.08 bits per heavy atom. The Labute approximate surface area is 123 Å². The maximum Gasteiger partial charge on any atom is 0.244 e. The molecule has 0 aromatic heterocycles. The second kappa shape index (κ2) is 4.88. The molecule has 0 saturated heterocycles. The number of halogens is 2. The van der Waals surface area contributed by atoms with Crippen LogP contribution in [-0.4, -0.2) is 70.7 Å². The molecule has 0 bridgehead atoms. The minimum absolute atomic E-state index is 0. The first-order chi connectivity index (χ1) is 5.46. The van der Waals surface area contributed by atoms with Gasteiger partial charge in [0.2, 0.25) is 11.6 Å². The zero-order valence-corrected chi connectivity index (χ0v) is 12.1. The predicted molar refractivity (Wildman–Crippen MR) is 46.8 cm³/mol. The van der Waals surface area contributed by atoms with Gasteiger partial charge in [0.25, 0.3) is 0 Å². The molecule has 1 aliphatic carbocycles. The van der Waals surface area contributed by atoms with Crippen LogP contribution in [0.5, 0.6) is 0 Å². The second-order valence-corrected chi connectivity index (χ2v) is 2.74. The number of rotatable bonds is 0. The molecular weight excluding hydrogens is 344 g/mol. The summed E-state index contributed by atoms with van der Waals surface area (Å²) in [4.78, 5) is 21.6. The van der Waals surface area contributed by atoms with Crippen LogP contribution in [-0.2, 0) is 9.59 Å². The molecule has 0 amide bonds. The molecule has 0 heterocycles. The average molecular weight is 346 g/mol. The topological polar surface area (TPSA) is 74.6 Å². The van der Waals surface area contributed by atoms with Crippen molar-refractivity contribution < 1.29 is 19.8 Å². The van der Waals surface area contributed by atoms with Gasteiger partial charge >= 0.3 is 0 Å². The zero-order chi connectivity index (χ0) is 9.46. The molecule has 1 rings (SSSR count). The van der Waals surface area contributed by atoms with Crippen molar-refractivity contribution >= 4 is 83.6 Å². The first-order valence-corrected chi connectivity index (χ1v) is 3.49. The maximum absolute atomic E-state index is 10.8. The second-order valence-electron chi connectivity index (χ2n) is 1.98. The fraction of sp³-hybridized carbons (Fsp3) is 0. The van der Waals surface area contributed by atoms with E-state index in [4.69, 9.17) is 33.4 Å². The number of carbonyl (C=O) groups is 2. The molecule has 0 aliphatic heterocycles. The van der Waals surface area contributed by atoms with Crippen LogP contribution in [0.4, 0.5) is 0 Å². The minimum atomic E-state index is -1.06. The number of hydrogen-bond donors (Lipinski definition) is 2. The summed E-state index contributed by atoms with van der Waals surface area (Å²) in [5, 5.41) is 16.3. The monoisotopic (exact) mass is 346 g/mol. The van der Waals surface area contributed by atoms with Crippen molar-refractivity contribution in [3.8, 4) is 0 Å². The van der Waals surface area contributed by atoms with Crippen LogP contribution in [0.1, 0.15) is 0 Å². The molecule has 0 aromatic carbocycles. The summed E-state index contributed by atoms with van der Waals surface area (Å²) in [6.45, 7) is 0. The standard InChI is InChI=1S/C6H2Cl2O4.Ba/c7-1-3(9)5(11)2(8)6(12)4(1)10;/h9,12H;. The largest absolute Gasteiger partial charge is 0.503 e. The van der Waals surface area contributed by atoms with Gasteiger partial charge in [-0.15, -0.1) is 0 Å². The number of carbonyl (C=O) groups excluding carboxylic acids is 2.